The maximum Gasteiger partial charge on any atom is 0.124 e. The lowest BCUT2D eigenvalue weighted by atomic mass is 9.83. The fourth-order valence-electron chi connectivity index (χ4n) is 2.49. The molecule has 2 aromatic rings. The molecule has 0 amide bonds. The molecule has 3 rings (SSSR count). The number of hydrogen-bond acceptors (Lipinski definition) is 4. The van der Waals surface area contributed by atoms with Gasteiger partial charge in [-0.05, 0) is 24.1 Å². The lowest BCUT2D eigenvalue weighted by Gasteiger charge is -2.29. The van der Waals surface area contributed by atoms with Crippen molar-refractivity contribution in [2.45, 2.75) is 18.4 Å². The highest BCUT2D eigenvalue weighted by Gasteiger charge is 2.28. The summed E-state index contributed by atoms with van der Waals surface area (Å²) in [5.74, 6) is 0.539. The highest BCUT2D eigenvalue weighted by atomic mass is 15.0. The van der Waals surface area contributed by atoms with E-state index in [4.69, 9.17) is 11.5 Å². The van der Waals surface area contributed by atoms with E-state index < -0.39 is 5.54 Å². The molecule has 19 heavy (non-hydrogen) atoms. The molecule has 0 aliphatic heterocycles. The minimum Gasteiger partial charge on any atom is -0.384 e. The van der Waals surface area contributed by atoms with Crippen molar-refractivity contribution in [2.24, 2.45) is 12.8 Å². The smallest absolute Gasteiger partial charge is 0.124 e. The van der Waals surface area contributed by atoms with E-state index in [1.807, 2.05) is 42.1 Å². The summed E-state index contributed by atoms with van der Waals surface area (Å²) in [5, 5.41) is 0. The number of hydrogen-bond donors (Lipinski definition) is 2. The van der Waals surface area contributed by atoms with Crippen LogP contribution in [-0.4, -0.2) is 20.1 Å². The van der Waals surface area contributed by atoms with Gasteiger partial charge in [0.15, 0.2) is 0 Å². The van der Waals surface area contributed by atoms with Gasteiger partial charge in [0.05, 0.1) is 17.7 Å². The molecule has 5 nitrogen and oxygen atoms in total. The minimum absolute atomic E-state index is 0.404. The number of nitrogens with two attached hydrogens (primary N) is 2. The number of pyridine rings is 1. The molecule has 0 aromatic carbocycles. The summed E-state index contributed by atoms with van der Waals surface area (Å²) in [6.07, 6.45) is 9.23. The van der Waals surface area contributed by atoms with Crippen LogP contribution in [0.4, 0.5) is 5.82 Å². The van der Waals surface area contributed by atoms with E-state index in [9.17, 15) is 0 Å². The molecule has 1 aliphatic rings. The Morgan fingerprint density at radius 2 is 2.26 bits per heavy atom. The fraction of sp³-hybridized carbons (Fsp3) is 0.286. The summed E-state index contributed by atoms with van der Waals surface area (Å²) in [6.45, 7) is 0. The SMILES string of the molecule is Cn1cnc(CC2(N)C=Cc3nc(N)ccc3C2)c1. The van der Waals surface area contributed by atoms with Gasteiger partial charge in [0.25, 0.3) is 0 Å². The van der Waals surface area contributed by atoms with Gasteiger partial charge in [0.2, 0.25) is 0 Å². The van der Waals surface area contributed by atoms with Gasteiger partial charge in [-0.3, -0.25) is 0 Å². The Morgan fingerprint density at radius 3 is 3.00 bits per heavy atom. The molecule has 0 saturated heterocycles. The van der Waals surface area contributed by atoms with E-state index in [0.717, 1.165) is 23.4 Å². The second-order valence-corrected chi connectivity index (χ2v) is 5.23. The van der Waals surface area contributed by atoms with E-state index in [1.54, 1.807) is 6.33 Å². The Bertz CT molecular complexity index is 643. The predicted molar refractivity (Wildman–Crippen MR) is 75.2 cm³/mol. The second kappa shape index (κ2) is 4.20. The van der Waals surface area contributed by atoms with Crippen LogP contribution in [0.1, 0.15) is 17.0 Å². The molecule has 98 valence electrons. The number of nitrogens with zero attached hydrogens (tertiary/aromatic N) is 3. The second-order valence-electron chi connectivity index (χ2n) is 5.23. The predicted octanol–water partition coefficient (Wildman–Crippen LogP) is 0.907. The van der Waals surface area contributed by atoms with Gasteiger partial charge in [-0.1, -0.05) is 12.1 Å². The van der Waals surface area contributed by atoms with Crippen molar-refractivity contribution in [3.63, 3.8) is 0 Å². The highest BCUT2D eigenvalue weighted by Crippen LogP contribution is 2.26. The van der Waals surface area contributed by atoms with E-state index >= 15 is 0 Å². The quantitative estimate of drug-likeness (QED) is 0.835. The summed E-state index contributed by atoms with van der Waals surface area (Å²) in [5.41, 5.74) is 14.8. The molecule has 4 N–H and O–H groups in total. The van der Waals surface area contributed by atoms with E-state index in [-0.39, 0.29) is 0 Å². The molecule has 0 bridgehead atoms. The van der Waals surface area contributed by atoms with Gasteiger partial charge in [0.1, 0.15) is 5.82 Å². The van der Waals surface area contributed by atoms with Crippen LogP contribution in [0.2, 0.25) is 0 Å². The molecular weight excluding hydrogens is 238 g/mol. The standard InChI is InChI=1S/C14H17N5/c1-19-8-11(17-9-19)7-14(16)5-4-12-10(6-14)2-3-13(15)18-12/h2-5,8-9H,6-7,16H2,1H3,(H2,15,18). The Hall–Kier alpha value is -2.14. The Kier molecular flexibility index (Phi) is 2.64. The minimum atomic E-state index is -0.404. The molecular formula is C14H17N5. The normalized spacial score (nSPS) is 21.4. The molecule has 1 aliphatic carbocycles. The van der Waals surface area contributed by atoms with Gasteiger partial charge in [-0.25, -0.2) is 9.97 Å². The number of fused-ring (bicyclic) bond motifs is 1. The van der Waals surface area contributed by atoms with Crippen LogP contribution in [-0.2, 0) is 19.9 Å². The molecule has 2 heterocycles. The zero-order valence-corrected chi connectivity index (χ0v) is 10.9. The third-order valence-electron chi connectivity index (χ3n) is 3.40. The van der Waals surface area contributed by atoms with Crippen LogP contribution in [0, 0.1) is 0 Å². The van der Waals surface area contributed by atoms with E-state index in [0.29, 0.717) is 12.2 Å². The topological polar surface area (TPSA) is 82.8 Å². The van der Waals surface area contributed by atoms with Crippen LogP contribution in [0.15, 0.2) is 30.7 Å². The highest BCUT2D eigenvalue weighted by molar-refractivity contribution is 5.57. The first-order valence-corrected chi connectivity index (χ1v) is 6.24. The van der Waals surface area contributed by atoms with Crippen LogP contribution in [0.5, 0.6) is 0 Å². The average Bonchev–Trinajstić information content (AvgIpc) is 2.75. The third kappa shape index (κ3) is 2.37. The molecule has 1 atom stereocenters. The van der Waals surface area contributed by atoms with Crippen molar-refractivity contribution in [2.75, 3.05) is 5.73 Å². The van der Waals surface area contributed by atoms with Crippen molar-refractivity contribution < 1.29 is 0 Å². The van der Waals surface area contributed by atoms with Crippen molar-refractivity contribution in [1.82, 2.24) is 14.5 Å². The summed E-state index contributed by atoms with van der Waals surface area (Å²) in [6, 6.07) is 3.82. The van der Waals surface area contributed by atoms with Gasteiger partial charge in [-0.15, -0.1) is 0 Å². The zero-order chi connectivity index (χ0) is 13.5. The van der Waals surface area contributed by atoms with Crippen LogP contribution >= 0.6 is 0 Å². The van der Waals surface area contributed by atoms with Crippen LogP contribution in [0.3, 0.4) is 0 Å². The summed E-state index contributed by atoms with van der Waals surface area (Å²) in [7, 11) is 1.96. The van der Waals surface area contributed by atoms with Gasteiger partial charge >= 0.3 is 0 Å². The van der Waals surface area contributed by atoms with Crippen molar-refractivity contribution in [3.8, 4) is 0 Å². The zero-order valence-electron chi connectivity index (χ0n) is 10.9. The van der Waals surface area contributed by atoms with Crippen molar-refractivity contribution in [1.29, 1.82) is 0 Å². The Morgan fingerprint density at radius 1 is 1.42 bits per heavy atom. The van der Waals surface area contributed by atoms with Gasteiger partial charge < -0.3 is 16.0 Å². The third-order valence-corrected chi connectivity index (χ3v) is 3.40. The first kappa shape index (κ1) is 11.9. The van der Waals surface area contributed by atoms with Crippen LogP contribution in [0.25, 0.3) is 6.08 Å². The summed E-state index contributed by atoms with van der Waals surface area (Å²) >= 11 is 0. The summed E-state index contributed by atoms with van der Waals surface area (Å²) in [4.78, 5) is 8.64. The van der Waals surface area contributed by atoms with Gasteiger partial charge in [0, 0.05) is 25.2 Å². The Labute approximate surface area is 112 Å². The molecule has 5 heteroatoms. The number of anilines is 1. The first-order valence-electron chi connectivity index (χ1n) is 6.24. The molecule has 1 unspecified atom stereocenters. The number of aromatic nitrogens is 3. The monoisotopic (exact) mass is 255 g/mol. The molecule has 2 aromatic heterocycles. The number of nitrogen functional groups attached to an aromatic ring is 1. The maximum atomic E-state index is 6.46. The van der Waals surface area contributed by atoms with Crippen molar-refractivity contribution >= 4 is 11.9 Å². The van der Waals surface area contributed by atoms with E-state index in [1.165, 1.54) is 0 Å². The lowest BCUT2D eigenvalue weighted by molar-refractivity contribution is 0.512. The maximum absolute atomic E-state index is 6.46. The molecule has 0 spiro atoms. The average molecular weight is 255 g/mol. The Balaban J connectivity index is 1.86. The largest absolute Gasteiger partial charge is 0.384 e. The molecule has 0 radical (unpaired) electrons. The number of rotatable bonds is 2. The van der Waals surface area contributed by atoms with Crippen molar-refractivity contribution in [3.05, 3.63) is 47.7 Å². The first-order chi connectivity index (χ1) is 9.04. The number of imidazole rings is 1. The fourth-order valence-corrected chi connectivity index (χ4v) is 2.49. The van der Waals surface area contributed by atoms with Crippen LogP contribution < -0.4 is 11.5 Å². The van der Waals surface area contributed by atoms with Gasteiger partial charge in [-0.2, -0.15) is 0 Å². The molecule has 0 saturated carbocycles. The van der Waals surface area contributed by atoms with E-state index in [2.05, 4.69) is 9.97 Å². The number of aryl methyl sites for hydroxylation is 1. The molecule has 0 fully saturated rings. The lowest BCUT2D eigenvalue weighted by Crippen LogP contribution is -2.44. The summed E-state index contributed by atoms with van der Waals surface area (Å²) < 4.78 is 1.93.